The molecule has 1 aliphatic rings. The zero-order valence-electron chi connectivity index (χ0n) is 9.35. The Morgan fingerprint density at radius 3 is 2.61 bits per heavy atom. The first-order chi connectivity index (χ1) is 8.36. The summed E-state index contributed by atoms with van der Waals surface area (Å²) >= 11 is 0. The molecule has 1 aromatic heterocycles. The van der Waals surface area contributed by atoms with Crippen LogP contribution in [0.3, 0.4) is 0 Å². The zero-order valence-corrected chi connectivity index (χ0v) is 9.35. The van der Waals surface area contributed by atoms with Crippen LogP contribution in [0.4, 0.5) is 13.2 Å². The lowest BCUT2D eigenvalue weighted by molar-refractivity contribution is -0.142. The lowest BCUT2D eigenvalue weighted by atomic mass is 9.80. The number of aromatic nitrogens is 1. The van der Waals surface area contributed by atoms with Gasteiger partial charge < -0.3 is 11.5 Å². The van der Waals surface area contributed by atoms with Crippen LogP contribution < -0.4 is 11.5 Å². The highest BCUT2D eigenvalue weighted by Crippen LogP contribution is 2.36. The van der Waals surface area contributed by atoms with Crippen LogP contribution in [0.5, 0.6) is 0 Å². The molecule has 0 saturated carbocycles. The number of rotatable bonds is 1. The summed E-state index contributed by atoms with van der Waals surface area (Å²) in [4.78, 5) is 3.39. The van der Waals surface area contributed by atoms with E-state index in [1.807, 2.05) is 0 Å². The Balaban J connectivity index is 2.58. The third-order valence-corrected chi connectivity index (χ3v) is 2.90. The lowest BCUT2D eigenvalue weighted by Crippen LogP contribution is -2.52. The molecule has 96 valence electrons. The second-order valence-electron chi connectivity index (χ2n) is 4.10. The van der Waals surface area contributed by atoms with Gasteiger partial charge in [-0.1, -0.05) is 30.4 Å². The molecule has 1 aromatic rings. The van der Waals surface area contributed by atoms with Crippen LogP contribution >= 0.6 is 0 Å². The molecule has 0 radical (unpaired) electrons. The first-order valence-corrected chi connectivity index (χ1v) is 5.29. The summed E-state index contributed by atoms with van der Waals surface area (Å²) < 4.78 is 38.7. The Labute approximate surface area is 102 Å². The van der Waals surface area contributed by atoms with Crippen molar-refractivity contribution in [2.75, 3.05) is 0 Å². The Morgan fingerprint density at radius 1 is 1.28 bits per heavy atom. The number of pyridine rings is 1. The quantitative estimate of drug-likeness (QED) is 0.802. The van der Waals surface area contributed by atoms with Gasteiger partial charge in [-0.2, -0.15) is 13.2 Å². The maximum Gasteiger partial charge on any atom is 0.433 e. The van der Waals surface area contributed by atoms with Crippen LogP contribution in [0, 0.1) is 0 Å². The van der Waals surface area contributed by atoms with Gasteiger partial charge in [0.1, 0.15) is 5.69 Å². The van der Waals surface area contributed by atoms with Crippen molar-refractivity contribution in [1.29, 1.82) is 0 Å². The van der Waals surface area contributed by atoms with Gasteiger partial charge in [0.2, 0.25) is 0 Å². The lowest BCUT2D eigenvalue weighted by Gasteiger charge is -2.34. The molecular formula is C12H12F3N3. The zero-order chi connectivity index (χ0) is 13.4. The van der Waals surface area contributed by atoms with Crippen LogP contribution in [0.15, 0.2) is 42.6 Å². The number of nitrogens with zero attached hydrogens (tertiary/aromatic N) is 1. The van der Waals surface area contributed by atoms with E-state index in [-0.39, 0.29) is 5.56 Å². The summed E-state index contributed by atoms with van der Waals surface area (Å²) in [6.07, 6.45) is 2.79. The van der Waals surface area contributed by atoms with E-state index < -0.39 is 23.5 Å². The van der Waals surface area contributed by atoms with Gasteiger partial charge >= 0.3 is 6.18 Å². The van der Waals surface area contributed by atoms with Crippen molar-refractivity contribution in [2.24, 2.45) is 11.5 Å². The van der Waals surface area contributed by atoms with Gasteiger partial charge in [-0.25, -0.2) is 0 Å². The minimum absolute atomic E-state index is 0.120. The summed E-state index contributed by atoms with van der Waals surface area (Å²) in [6.45, 7) is 0. The van der Waals surface area contributed by atoms with E-state index >= 15 is 0 Å². The van der Waals surface area contributed by atoms with Crippen LogP contribution in [-0.4, -0.2) is 11.0 Å². The molecule has 18 heavy (non-hydrogen) atoms. The van der Waals surface area contributed by atoms with Crippen molar-refractivity contribution in [3.8, 4) is 0 Å². The second kappa shape index (κ2) is 4.22. The SMILES string of the molecule is NC1C=CC=CC1(N)c1cccnc1C(F)(F)F. The van der Waals surface area contributed by atoms with E-state index in [0.29, 0.717) is 0 Å². The molecule has 0 spiro atoms. The fourth-order valence-electron chi connectivity index (χ4n) is 1.92. The van der Waals surface area contributed by atoms with Crippen LogP contribution in [0.1, 0.15) is 11.3 Å². The molecule has 0 saturated heterocycles. The molecule has 4 N–H and O–H groups in total. The van der Waals surface area contributed by atoms with Crippen molar-refractivity contribution < 1.29 is 13.2 Å². The Hall–Kier alpha value is -1.66. The molecule has 2 unspecified atom stereocenters. The van der Waals surface area contributed by atoms with Crippen molar-refractivity contribution in [1.82, 2.24) is 4.98 Å². The number of allylic oxidation sites excluding steroid dienone is 2. The van der Waals surface area contributed by atoms with Crippen LogP contribution in [0.2, 0.25) is 0 Å². The fraction of sp³-hybridized carbons (Fsp3) is 0.250. The van der Waals surface area contributed by atoms with Crippen molar-refractivity contribution >= 4 is 0 Å². The highest BCUT2D eigenvalue weighted by Gasteiger charge is 2.42. The van der Waals surface area contributed by atoms with Gasteiger partial charge in [-0.05, 0) is 6.07 Å². The largest absolute Gasteiger partial charge is 0.433 e. The molecule has 1 aliphatic carbocycles. The van der Waals surface area contributed by atoms with Crippen molar-refractivity contribution in [3.05, 3.63) is 53.9 Å². The van der Waals surface area contributed by atoms with Crippen LogP contribution in [0.25, 0.3) is 0 Å². The molecule has 6 heteroatoms. The normalized spacial score (nSPS) is 27.5. The predicted octanol–water partition coefficient (Wildman–Crippen LogP) is 1.71. The summed E-state index contributed by atoms with van der Waals surface area (Å²) in [5, 5.41) is 0. The molecule has 0 aromatic carbocycles. The van der Waals surface area contributed by atoms with E-state index in [2.05, 4.69) is 4.98 Å². The molecule has 3 nitrogen and oxygen atoms in total. The number of halogens is 3. The molecule has 0 fully saturated rings. The minimum Gasteiger partial charge on any atom is -0.322 e. The summed E-state index contributed by atoms with van der Waals surface area (Å²) in [6, 6.07) is 1.99. The van der Waals surface area contributed by atoms with Gasteiger partial charge in [0, 0.05) is 17.8 Å². The topological polar surface area (TPSA) is 64.9 Å². The molecular weight excluding hydrogens is 243 g/mol. The maximum atomic E-state index is 12.9. The van der Waals surface area contributed by atoms with E-state index in [1.54, 1.807) is 18.2 Å². The standard InChI is InChI=1S/C12H12F3N3/c13-12(14,15)10-8(4-3-7-18-10)11(17)6-2-1-5-9(11)16/h1-7,9H,16-17H2. The third kappa shape index (κ3) is 2.04. The average molecular weight is 255 g/mol. The molecule has 1 heterocycles. The monoisotopic (exact) mass is 255 g/mol. The van der Waals surface area contributed by atoms with Gasteiger partial charge in [0.15, 0.2) is 0 Å². The van der Waals surface area contributed by atoms with Crippen molar-refractivity contribution in [2.45, 2.75) is 17.8 Å². The van der Waals surface area contributed by atoms with E-state index in [0.717, 1.165) is 6.20 Å². The predicted molar refractivity (Wildman–Crippen MR) is 61.4 cm³/mol. The fourth-order valence-corrected chi connectivity index (χ4v) is 1.92. The molecule has 2 atom stereocenters. The molecule has 0 bridgehead atoms. The number of hydrogen-bond donors (Lipinski definition) is 2. The Bertz CT molecular complexity index is 508. The maximum absolute atomic E-state index is 12.9. The highest BCUT2D eigenvalue weighted by molar-refractivity contribution is 5.41. The van der Waals surface area contributed by atoms with E-state index in [1.165, 1.54) is 18.2 Å². The van der Waals surface area contributed by atoms with Crippen molar-refractivity contribution in [3.63, 3.8) is 0 Å². The summed E-state index contributed by atoms with van der Waals surface area (Å²) in [5.41, 5.74) is 9.31. The van der Waals surface area contributed by atoms with Gasteiger partial charge in [-0.15, -0.1) is 0 Å². The Morgan fingerprint density at radius 2 is 2.00 bits per heavy atom. The Kier molecular flexibility index (Phi) is 3.00. The molecule has 2 rings (SSSR count). The van der Waals surface area contributed by atoms with Gasteiger partial charge in [-0.3, -0.25) is 4.98 Å². The number of alkyl halides is 3. The first-order valence-electron chi connectivity index (χ1n) is 5.29. The van der Waals surface area contributed by atoms with Gasteiger partial charge in [0.25, 0.3) is 0 Å². The van der Waals surface area contributed by atoms with Gasteiger partial charge in [0.05, 0.1) is 5.54 Å². The highest BCUT2D eigenvalue weighted by atomic mass is 19.4. The smallest absolute Gasteiger partial charge is 0.322 e. The van der Waals surface area contributed by atoms with Crippen LogP contribution in [-0.2, 0) is 11.7 Å². The number of hydrogen-bond acceptors (Lipinski definition) is 3. The van der Waals surface area contributed by atoms with E-state index in [4.69, 9.17) is 11.5 Å². The molecule has 0 amide bonds. The second-order valence-corrected chi connectivity index (χ2v) is 4.10. The van der Waals surface area contributed by atoms with E-state index in [9.17, 15) is 13.2 Å². The summed E-state index contributed by atoms with van der Waals surface area (Å²) in [5.74, 6) is 0. The summed E-state index contributed by atoms with van der Waals surface area (Å²) in [7, 11) is 0. The minimum atomic E-state index is -4.56. The first kappa shape index (κ1) is 12.8. The molecule has 0 aliphatic heterocycles. The third-order valence-electron chi connectivity index (χ3n) is 2.90. The number of nitrogens with two attached hydrogens (primary N) is 2. The average Bonchev–Trinajstić information content (AvgIpc) is 2.32.